The van der Waals surface area contributed by atoms with E-state index in [1.807, 2.05) is 30.3 Å². The van der Waals surface area contributed by atoms with Crippen LogP contribution in [-0.2, 0) is 17.5 Å². The van der Waals surface area contributed by atoms with Crippen LogP contribution < -0.4 is 10.2 Å². The summed E-state index contributed by atoms with van der Waals surface area (Å²) in [5.41, 5.74) is 1.22. The monoisotopic (exact) mass is 488 g/mol. The minimum Gasteiger partial charge on any atom is -0.445 e. The molecule has 4 rings (SSSR count). The highest BCUT2D eigenvalue weighted by Crippen LogP contribution is 2.42. The lowest BCUT2D eigenvalue weighted by Crippen LogP contribution is -2.47. The Morgan fingerprint density at radius 2 is 1.77 bits per heavy atom. The molecule has 4 nitrogen and oxygen atoms in total. The van der Waals surface area contributed by atoms with Gasteiger partial charge in [-0.2, -0.15) is 13.2 Å². The first-order chi connectivity index (χ1) is 16.7. The van der Waals surface area contributed by atoms with Gasteiger partial charge >= 0.3 is 12.3 Å². The van der Waals surface area contributed by atoms with Crippen molar-refractivity contribution in [2.75, 3.05) is 18.0 Å². The zero-order valence-electron chi connectivity index (χ0n) is 20.3. The van der Waals surface area contributed by atoms with Gasteiger partial charge in [-0.15, -0.1) is 0 Å². The third-order valence-electron chi connectivity index (χ3n) is 7.52. The second-order valence-corrected chi connectivity index (χ2v) is 10.4. The number of alkyl halides is 3. The van der Waals surface area contributed by atoms with E-state index in [2.05, 4.69) is 17.1 Å². The summed E-state index contributed by atoms with van der Waals surface area (Å²) in [4.78, 5) is 14.7. The number of nitrogens with one attached hydrogen (secondary N) is 1. The molecule has 7 heteroatoms. The van der Waals surface area contributed by atoms with Crippen LogP contribution in [0.5, 0.6) is 0 Å². The van der Waals surface area contributed by atoms with Crippen LogP contribution in [0.2, 0.25) is 0 Å². The van der Waals surface area contributed by atoms with Gasteiger partial charge in [-0.3, -0.25) is 0 Å². The van der Waals surface area contributed by atoms with Crippen molar-refractivity contribution < 1.29 is 22.7 Å². The first kappa shape index (κ1) is 25.4. The quantitative estimate of drug-likeness (QED) is 0.468. The number of nitrogens with zero attached hydrogens (tertiary/aromatic N) is 1. The molecular formula is C28H35F3N2O2. The number of hydrogen-bond acceptors (Lipinski definition) is 3. The normalized spacial score (nSPS) is 25.2. The molecule has 3 atom stereocenters. The van der Waals surface area contributed by atoms with Crippen LogP contribution in [0.3, 0.4) is 0 Å². The Hall–Kier alpha value is -2.70. The molecule has 1 amide bonds. The number of hydrogen-bond donors (Lipinski definition) is 1. The molecule has 190 valence electrons. The summed E-state index contributed by atoms with van der Waals surface area (Å²) >= 11 is 0. The molecule has 1 saturated heterocycles. The summed E-state index contributed by atoms with van der Waals surface area (Å²) in [7, 11) is 0. The van der Waals surface area contributed by atoms with Crippen molar-refractivity contribution in [1.29, 1.82) is 0 Å². The van der Waals surface area contributed by atoms with Gasteiger partial charge in [-0.05, 0) is 73.3 Å². The van der Waals surface area contributed by atoms with Crippen LogP contribution in [-0.4, -0.2) is 25.2 Å². The molecule has 0 radical (unpaired) electrons. The lowest BCUT2D eigenvalue weighted by atomic mass is 9.70. The molecule has 2 aliphatic rings. The maximum Gasteiger partial charge on any atom is 0.416 e. The van der Waals surface area contributed by atoms with E-state index in [1.165, 1.54) is 12.1 Å². The van der Waals surface area contributed by atoms with E-state index >= 15 is 0 Å². The van der Waals surface area contributed by atoms with Crippen molar-refractivity contribution in [3.63, 3.8) is 0 Å². The van der Waals surface area contributed by atoms with Gasteiger partial charge in [0.2, 0.25) is 0 Å². The number of carbonyl (C=O) groups excluding carboxylic acids is 1. The third-order valence-corrected chi connectivity index (χ3v) is 7.52. The van der Waals surface area contributed by atoms with Crippen molar-refractivity contribution in [2.45, 2.75) is 70.7 Å². The lowest BCUT2D eigenvalue weighted by Gasteiger charge is -2.45. The fourth-order valence-electron chi connectivity index (χ4n) is 5.75. The number of alkyl carbamates (subject to hydrolysis) is 1. The number of carbonyl (C=O) groups is 1. The van der Waals surface area contributed by atoms with E-state index in [-0.39, 0.29) is 24.2 Å². The van der Waals surface area contributed by atoms with E-state index in [4.69, 9.17) is 4.74 Å². The first-order valence-electron chi connectivity index (χ1n) is 12.6. The smallest absolute Gasteiger partial charge is 0.416 e. The Morgan fingerprint density at radius 1 is 1.06 bits per heavy atom. The standard InChI is InChI=1S/C28H35F3N2O2/c1-27(16-7-17-33(20-27)24-14-12-23(13-15-24)28(29,30)31)18-22-10-5-6-11-25(22)32-26(34)35-19-21-8-3-2-4-9-21/h2-4,8-9,12-15,22,25H,5-7,10-11,16-20H2,1H3,(H,32,34)/t22-,25+,27+/m0/s1. The molecule has 0 bridgehead atoms. The number of halogens is 3. The van der Waals surface area contributed by atoms with E-state index in [9.17, 15) is 18.0 Å². The number of rotatable bonds is 6. The molecule has 2 aromatic carbocycles. The van der Waals surface area contributed by atoms with Gasteiger partial charge in [0.25, 0.3) is 0 Å². The number of piperidine rings is 1. The number of anilines is 1. The molecule has 2 aromatic rings. The number of amides is 1. The molecule has 35 heavy (non-hydrogen) atoms. The topological polar surface area (TPSA) is 41.6 Å². The van der Waals surface area contributed by atoms with Crippen molar-refractivity contribution in [2.24, 2.45) is 11.3 Å². The van der Waals surface area contributed by atoms with Crippen LogP contribution >= 0.6 is 0 Å². The number of benzene rings is 2. The molecule has 1 heterocycles. The first-order valence-corrected chi connectivity index (χ1v) is 12.6. The van der Waals surface area contributed by atoms with Crippen molar-refractivity contribution in [1.82, 2.24) is 5.32 Å². The lowest BCUT2D eigenvalue weighted by molar-refractivity contribution is -0.137. The van der Waals surface area contributed by atoms with E-state index in [0.717, 1.165) is 69.3 Å². The van der Waals surface area contributed by atoms with E-state index in [1.54, 1.807) is 12.1 Å². The predicted molar refractivity (Wildman–Crippen MR) is 131 cm³/mol. The molecule has 0 unspecified atom stereocenters. The zero-order valence-corrected chi connectivity index (χ0v) is 20.3. The van der Waals surface area contributed by atoms with Gasteiger partial charge in [-0.25, -0.2) is 4.79 Å². The van der Waals surface area contributed by atoms with Gasteiger partial charge in [0.1, 0.15) is 6.61 Å². The summed E-state index contributed by atoms with van der Waals surface area (Å²) in [6, 6.07) is 15.2. The average molecular weight is 489 g/mol. The second-order valence-electron chi connectivity index (χ2n) is 10.4. The zero-order chi connectivity index (χ0) is 24.9. The molecule has 0 aromatic heterocycles. The fraction of sp³-hybridized carbons (Fsp3) is 0.536. The van der Waals surface area contributed by atoms with Crippen LogP contribution in [0.1, 0.15) is 63.0 Å². The summed E-state index contributed by atoms with van der Waals surface area (Å²) in [5.74, 6) is 0.366. The molecule has 1 N–H and O–H groups in total. The minimum absolute atomic E-state index is 0.0385. The van der Waals surface area contributed by atoms with Crippen molar-refractivity contribution in [3.05, 3.63) is 65.7 Å². The van der Waals surface area contributed by atoms with Crippen LogP contribution in [0, 0.1) is 11.3 Å². The molecular weight excluding hydrogens is 453 g/mol. The van der Waals surface area contributed by atoms with Gasteiger partial charge in [0.05, 0.1) is 5.56 Å². The van der Waals surface area contributed by atoms with Crippen LogP contribution in [0.15, 0.2) is 54.6 Å². The van der Waals surface area contributed by atoms with Gasteiger partial charge < -0.3 is 15.0 Å². The summed E-state index contributed by atoms with van der Waals surface area (Å²) < 4.78 is 44.3. The highest BCUT2D eigenvalue weighted by molar-refractivity contribution is 5.67. The largest absolute Gasteiger partial charge is 0.445 e. The summed E-state index contributed by atoms with van der Waals surface area (Å²) in [6.45, 7) is 4.19. The third kappa shape index (κ3) is 6.92. The van der Waals surface area contributed by atoms with Crippen molar-refractivity contribution in [3.8, 4) is 0 Å². The highest BCUT2D eigenvalue weighted by Gasteiger charge is 2.38. The molecule has 1 saturated carbocycles. The van der Waals surface area contributed by atoms with E-state index in [0.29, 0.717) is 5.92 Å². The Balaban J connectivity index is 1.35. The van der Waals surface area contributed by atoms with Gasteiger partial charge in [0.15, 0.2) is 0 Å². The molecule has 0 spiro atoms. The molecule has 2 fully saturated rings. The Morgan fingerprint density at radius 3 is 2.49 bits per heavy atom. The number of ether oxygens (including phenoxy) is 1. The Labute approximate surface area is 205 Å². The maximum absolute atomic E-state index is 13.0. The second kappa shape index (κ2) is 10.9. The molecule has 1 aliphatic carbocycles. The van der Waals surface area contributed by atoms with Crippen LogP contribution in [0.25, 0.3) is 0 Å². The summed E-state index contributed by atoms with van der Waals surface area (Å²) in [5, 5.41) is 3.13. The maximum atomic E-state index is 13.0. The predicted octanol–water partition coefficient (Wildman–Crippen LogP) is 7.19. The minimum atomic E-state index is -4.32. The molecule has 1 aliphatic heterocycles. The highest BCUT2D eigenvalue weighted by atomic mass is 19.4. The van der Waals surface area contributed by atoms with Gasteiger partial charge in [-0.1, -0.05) is 50.1 Å². The van der Waals surface area contributed by atoms with Crippen LogP contribution in [0.4, 0.5) is 23.7 Å². The average Bonchev–Trinajstić information content (AvgIpc) is 2.84. The summed E-state index contributed by atoms with van der Waals surface area (Å²) in [6.07, 6.45) is 2.63. The SMILES string of the molecule is C[C@]1(C[C@@H]2CCCC[C@H]2NC(=O)OCc2ccccc2)CCCN(c2ccc(C(F)(F)F)cc2)C1. The van der Waals surface area contributed by atoms with Gasteiger partial charge in [0, 0.05) is 24.8 Å². The Kier molecular flexibility index (Phi) is 7.92. The van der Waals surface area contributed by atoms with E-state index < -0.39 is 11.7 Å². The van der Waals surface area contributed by atoms with Crippen molar-refractivity contribution >= 4 is 11.8 Å². The Bertz CT molecular complexity index is 964. The fourth-order valence-corrected chi connectivity index (χ4v) is 5.75.